The lowest BCUT2D eigenvalue weighted by Crippen LogP contribution is -2.67. The highest BCUT2D eigenvalue weighted by molar-refractivity contribution is 5.93. The first kappa shape index (κ1) is 10.7. The minimum Gasteiger partial charge on any atom is -0.690 e. The second-order valence-corrected chi connectivity index (χ2v) is 2.89. The molecule has 0 spiro atoms. The SMILES string of the molecule is CCNC1C(N)=[N+]([O-])N(O)C(=O)C1N. The molecule has 0 saturated carbocycles. The number of hydrazine groups is 1. The Labute approximate surface area is 80.3 Å². The van der Waals surface area contributed by atoms with Crippen molar-refractivity contribution in [3.05, 3.63) is 5.21 Å². The van der Waals surface area contributed by atoms with Crippen LogP contribution >= 0.6 is 0 Å². The molecule has 14 heavy (non-hydrogen) atoms. The van der Waals surface area contributed by atoms with Gasteiger partial charge in [-0.15, -0.1) is 4.85 Å². The molecule has 1 amide bonds. The zero-order valence-corrected chi connectivity index (χ0v) is 7.67. The van der Waals surface area contributed by atoms with E-state index in [4.69, 9.17) is 16.7 Å². The van der Waals surface area contributed by atoms with Crippen molar-refractivity contribution in [3.8, 4) is 0 Å². The molecule has 8 nitrogen and oxygen atoms in total. The highest BCUT2D eigenvalue weighted by atomic mass is 16.7. The Hall–Kier alpha value is -1.38. The fourth-order valence-electron chi connectivity index (χ4n) is 1.23. The molecule has 2 unspecified atom stereocenters. The average molecular weight is 203 g/mol. The summed E-state index contributed by atoms with van der Waals surface area (Å²) in [5.41, 5.74) is 10.9. The predicted molar refractivity (Wildman–Crippen MR) is 46.9 cm³/mol. The van der Waals surface area contributed by atoms with Crippen molar-refractivity contribution >= 4 is 11.7 Å². The van der Waals surface area contributed by atoms with Gasteiger partial charge in [0, 0.05) is 0 Å². The maximum atomic E-state index is 11.2. The molecule has 8 heteroatoms. The van der Waals surface area contributed by atoms with Crippen LogP contribution in [0.15, 0.2) is 0 Å². The number of nitrogens with two attached hydrogens (primary N) is 2. The lowest BCUT2D eigenvalue weighted by molar-refractivity contribution is -0.693. The van der Waals surface area contributed by atoms with E-state index < -0.39 is 18.0 Å². The molecule has 0 saturated heterocycles. The number of hydrogen-bond acceptors (Lipinski definition) is 6. The molecule has 1 rings (SSSR count). The normalized spacial score (nSPS) is 28.5. The van der Waals surface area contributed by atoms with E-state index in [1.165, 1.54) is 0 Å². The number of nitrogens with zero attached hydrogens (tertiary/aromatic N) is 2. The molecule has 1 heterocycles. The Balaban J connectivity index is 3.01. The summed E-state index contributed by atoms with van der Waals surface area (Å²) in [5, 5.41) is 22.7. The Morgan fingerprint density at radius 2 is 2.36 bits per heavy atom. The lowest BCUT2D eigenvalue weighted by Gasteiger charge is -2.31. The summed E-state index contributed by atoms with van der Waals surface area (Å²) in [7, 11) is 0. The van der Waals surface area contributed by atoms with Gasteiger partial charge in [-0.1, -0.05) is 6.92 Å². The lowest BCUT2D eigenvalue weighted by atomic mass is 10.1. The van der Waals surface area contributed by atoms with E-state index in [-0.39, 0.29) is 15.9 Å². The smallest absolute Gasteiger partial charge is 0.307 e. The number of amidine groups is 1. The van der Waals surface area contributed by atoms with Crippen LogP contribution in [0.2, 0.25) is 0 Å². The summed E-state index contributed by atoms with van der Waals surface area (Å²) in [6.07, 6.45) is 0. The van der Waals surface area contributed by atoms with Gasteiger partial charge in [-0.25, -0.2) is 5.21 Å². The molecule has 0 fully saturated rings. The molecule has 1 aliphatic rings. The van der Waals surface area contributed by atoms with Crippen molar-refractivity contribution in [3.63, 3.8) is 0 Å². The van der Waals surface area contributed by atoms with Crippen LogP contribution in [0.3, 0.4) is 0 Å². The Morgan fingerprint density at radius 3 is 2.86 bits per heavy atom. The number of carbonyl (C=O) groups excluding carboxylic acids is 1. The number of nitrogens with one attached hydrogen (secondary N) is 1. The van der Waals surface area contributed by atoms with Gasteiger partial charge in [-0.2, -0.15) is 0 Å². The quantitative estimate of drug-likeness (QED) is 0.219. The van der Waals surface area contributed by atoms with E-state index in [1.54, 1.807) is 6.92 Å². The first-order valence-corrected chi connectivity index (χ1v) is 4.12. The van der Waals surface area contributed by atoms with Gasteiger partial charge in [0.2, 0.25) is 0 Å². The molecular weight excluding hydrogens is 190 g/mol. The van der Waals surface area contributed by atoms with Crippen LogP contribution in [0.5, 0.6) is 0 Å². The van der Waals surface area contributed by atoms with Crippen LogP contribution in [-0.2, 0) is 4.79 Å². The van der Waals surface area contributed by atoms with Crippen molar-refractivity contribution < 1.29 is 14.8 Å². The fourth-order valence-corrected chi connectivity index (χ4v) is 1.23. The highest BCUT2D eigenvalue weighted by Crippen LogP contribution is 2.04. The molecule has 80 valence electrons. The van der Waals surface area contributed by atoms with Crippen molar-refractivity contribution in [2.24, 2.45) is 11.5 Å². The molecule has 2 atom stereocenters. The summed E-state index contributed by atoms with van der Waals surface area (Å²) >= 11 is 0. The van der Waals surface area contributed by atoms with E-state index in [2.05, 4.69) is 5.32 Å². The first-order chi connectivity index (χ1) is 6.50. The molecule has 0 bridgehead atoms. The molecule has 0 aliphatic carbocycles. The monoisotopic (exact) mass is 203 g/mol. The maximum Gasteiger partial charge on any atom is 0.307 e. The standard InChI is InChI=1S/C6H13N5O3/c1-2-9-4-3(7)6(12)11(14)10(13)5(4)8/h3-4,9,14H,2,7-8H2,1H3. The van der Waals surface area contributed by atoms with Crippen molar-refractivity contribution in [2.45, 2.75) is 19.0 Å². The van der Waals surface area contributed by atoms with Crippen molar-refractivity contribution in [1.82, 2.24) is 10.5 Å². The Bertz CT molecular complexity index is 279. The van der Waals surface area contributed by atoms with Crippen molar-refractivity contribution in [1.29, 1.82) is 0 Å². The second-order valence-electron chi connectivity index (χ2n) is 2.89. The van der Waals surface area contributed by atoms with Crippen LogP contribution in [0.25, 0.3) is 0 Å². The first-order valence-electron chi connectivity index (χ1n) is 4.12. The summed E-state index contributed by atoms with van der Waals surface area (Å²) in [6.45, 7) is 2.29. The van der Waals surface area contributed by atoms with Crippen LogP contribution in [0.4, 0.5) is 0 Å². The Kier molecular flexibility index (Phi) is 2.89. The molecule has 0 aromatic carbocycles. The summed E-state index contributed by atoms with van der Waals surface area (Å²) in [5.74, 6) is -1.12. The summed E-state index contributed by atoms with van der Waals surface area (Å²) in [6, 6.07) is -1.79. The summed E-state index contributed by atoms with van der Waals surface area (Å²) < 4.78 is 0. The number of carbonyl (C=O) groups is 1. The van der Waals surface area contributed by atoms with Crippen LogP contribution in [0.1, 0.15) is 6.92 Å². The largest absolute Gasteiger partial charge is 0.690 e. The van der Waals surface area contributed by atoms with Crippen molar-refractivity contribution in [2.75, 3.05) is 6.54 Å². The Morgan fingerprint density at radius 1 is 1.79 bits per heavy atom. The number of hydrogen-bond donors (Lipinski definition) is 4. The second kappa shape index (κ2) is 3.78. The molecule has 0 aromatic rings. The van der Waals surface area contributed by atoms with Gasteiger partial charge in [0.1, 0.15) is 12.1 Å². The third-order valence-electron chi connectivity index (χ3n) is 1.98. The van der Waals surface area contributed by atoms with Gasteiger partial charge >= 0.3 is 5.91 Å². The van der Waals surface area contributed by atoms with E-state index >= 15 is 0 Å². The number of hydrazone groups is 1. The van der Waals surface area contributed by atoms with Crippen LogP contribution in [0, 0.1) is 5.21 Å². The minimum atomic E-state index is -1.05. The predicted octanol–water partition coefficient (Wildman–Crippen LogP) is -2.69. The van der Waals surface area contributed by atoms with E-state index in [1.807, 2.05) is 0 Å². The number of rotatable bonds is 2. The summed E-state index contributed by atoms with van der Waals surface area (Å²) in [4.78, 5) is 11.1. The third-order valence-corrected chi connectivity index (χ3v) is 1.98. The number of amides is 1. The number of likely N-dealkylation sites (N-methyl/N-ethyl adjacent to an activating group) is 1. The molecule has 6 N–H and O–H groups in total. The van der Waals surface area contributed by atoms with Crippen LogP contribution in [-0.4, -0.2) is 45.6 Å². The topological polar surface area (TPSA) is 131 Å². The zero-order valence-electron chi connectivity index (χ0n) is 7.67. The van der Waals surface area contributed by atoms with E-state index in [0.717, 1.165) is 0 Å². The van der Waals surface area contributed by atoms with Gasteiger partial charge in [0.15, 0.2) is 0 Å². The average Bonchev–Trinajstić information content (AvgIpc) is 2.19. The van der Waals surface area contributed by atoms with Gasteiger partial charge in [0.25, 0.3) is 5.84 Å². The zero-order chi connectivity index (χ0) is 10.9. The molecule has 0 aromatic heterocycles. The fraction of sp³-hybridized carbons (Fsp3) is 0.667. The van der Waals surface area contributed by atoms with Gasteiger partial charge in [-0.05, 0) is 11.7 Å². The minimum absolute atomic E-state index is 0.0843. The van der Waals surface area contributed by atoms with Gasteiger partial charge < -0.3 is 16.3 Å². The van der Waals surface area contributed by atoms with E-state index in [9.17, 15) is 10.0 Å². The molecule has 0 radical (unpaired) electrons. The highest BCUT2D eigenvalue weighted by Gasteiger charge is 2.41. The molecular formula is C6H13N5O3. The third kappa shape index (κ3) is 1.50. The maximum absolute atomic E-state index is 11.2. The van der Waals surface area contributed by atoms with Gasteiger partial charge in [-0.3, -0.25) is 10.5 Å². The van der Waals surface area contributed by atoms with Gasteiger partial charge in [0.05, 0.1) is 0 Å². The van der Waals surface area contributed by atoms with E-state index in [0.29, 0.717) is 6.54 Å². The number of hydroxylamine groups is 1. The molecule has 1 aliphatic heterocycles. The van der Waals surface area contributed by atoms with Crippen LogP contribution < -0.4 is 16.8 Å².